The first-order chi connectivity index (χ1) is 30.2. The van der Waals surface area contributed by atoms with Crippen LogP contribution in [0.15, 0.2) is 9.59 Å². The van der Waals surface area contributed by atoms with Gasteiger partial charge in [-0.3, -0.25) is 19.2 Å². The summed E-state index contributed by atoms with van der Waals surface area (Å²) in [6, 6.07) is 0. The van der Waals surface area contributed by atoms with Gasteiger partial charge in [0, 0.05) is 33.5 Å². The molecule has 0 aliphatic heterocycles. The number of nitrogens with one attached hydrogen (secondary N) is 1. The van der Waals surface area contributed by atoms with E-state index in [9.17, 15) is 19.2 Å². The van der Waals surface area contributed by atoms with Gasteiger partial charge in [-0.05, 0) is 96.7 Å². The second-order valence-corrected chi connectivity index (χ2v) is 18.7. The molecule has 1 aromatic rings. The Balaban J connectivity index is 2.44. The molecule has 62 heavy (non-hydrogen) atoms. The van der Waals surface area contributed by atoms with E-state index in [4.69, 9.17) is 9.47 Å². The standard InChI is InChI=1S/C53H99N3O6/c1-7-11-14-17-22-29-37-46(10-4)61-48(57)40-32-25-20-27-34-43-56(45-36-42-54-50-51(55(5)6)53(60)52(50)59)44-35-28-21-26-33-41-49(58)62-47(38-30-23-18-15-12-8-2)39-31-24-19-16-13-9-3/h46-47,54H,7-45H2,1-6H3. The van der Waals surface area contributed by atoms with Crippen LogP contribution in [0.1, 0.15) is 252 Å². The Kier molecular flexibility index (Phi) is 37.3. The Hall–Kier alpha value is -2.42. The lowest BCUT2D eigenvalue weighted by Crippen LogP contribution is -2.40. The molecule has 0 saturated carbocycles. The highest BCUT2D eigenvalue weighted by Crippen LogP contribution is 2.20. The van der Waals surface area contributed by atoms with Gasteiger partial charge in [-0.15, -0.1) is 0 Å². The molecule has 0 radical (unpaired) electrons. The van der Waals surface area contributed by atoms with E-state index in [1.807, 2.05) is 0 Å². The fraction of sp³-hybridized carbons (Fsp3) is 0.887. The zero-order valence-corrected chi connectivity index (χ0v) is 41.6. The van der Waals surface area contributed by atoms with Crippen molar-refractivity contribution in [2.45, 2.75) is 265 Å². The molecule has 362 valence electrons. The van der Waals surface area contributed by atoms with Crippen LogP contribution >= 0.6 is 0 Å². The first kappa shape index (κ1) is 57.6. The fourth-order valence-electron chi connectivity index (χ4n) is 8.65. The average molecular weight is 874 g/mol. The van der Waals surface area contributed by atoms with Crippen LogP contribution in [-0.2, 0) is 19.1 Å². The van der Waals surface area contributed by atoms with Crippen LogP contribution in [0.5, 0.6) is 0 Å². The lowest BCUT2D eigenvalue weighted by atomic mass is 10.0. The molecular formula is C53H99N3O6. The van der Waals surface area contributed by atoms with Crippen LogP contribution in [0.2, 0.25) is 0 Å². The van der Waals surface area contributed by atoms with E-state index in [0.29, 0.717) is 30.8 Å². The Bertz CT molecular complexity index is 1260. The molecule has 0 bridgehead atoms. The minimum Gasteiger partial charge on any atom is -0.462 e. The van der Waals surface area contributed by atoms with Crippen LogP contribution < -0.4 is 21.1 Å². The molecule has 9 heteroatoms. The van der Waals surface area contributed by atoms with Gasteiger partial charge in [-0.25, -0.2) is 0 Å². The van der Waals surface area contributed by atoms with Crippen LogP contribution in [0.25, 0.3) is 0 Å². The number of carbonyl (C=O) groups is 2. The molecule has 0 aromatic heterocycles. The average Bonchev–Trinajstić information content (AvgIpc) is 3.26. The molecule has 0 aliphatic rings. The summed E-state index contributed by atoms with van der Waals surface area (Å²) >= 11 is 0. The summed E-state index contributed by atoms with van der Waals surface area (Å²) in [5.41, 5.74) is 0.116. The molecule has 0 aliphatic carbocycles. The van der Waals surface area contributed by atoms with Crippen molar-refractivity contribution in [3.05, 3.63) is 20.4 Å². The van der Waals surface area contributed by atoms with Gasteiger partial charge >= 0.3 is 11.9 Å². The second-order valence-electron chi connectivity index (χ2n) is 18.7. The maximum Gasteiger partial charge on any atom is 0.306 e. The summed E-state index contributed by atoms with van der Waals surface area (Å²) in [6.45, 7) is 12.5. The summed E-state index contributed by atoms with van der Waals surface area (Å²) < 4.78 is 11.9. The predicted octanol–water partition coefficient (Wildman–Crippen LogP) is 13.6. The summed E-state index contributed by atoms with van der Waals surface area (Å²) in [4.78, 5) is 53.8. The minimum absolute atomic E-state index is 0.00273. The lowest BCUT2D eigenvalue weighted by molar-refractivity contribution is -0.150. The summed E-state index contributed by atoms with van der Waals surface area (Å²) in [6.07, 6.45) is 39.5. The van der Waals surface area contributed by atoms with Gasteiger partial charge in [0.25, 0.3) is 10.9 Å². The van der Waals surface area contributed by atoms with Gasteiger partial charge in [-0.1, -0.05) is 163 Å². The Morgan fingerprint density at radius 3 is 1.27 bits per heavy atom. The van der Waals surface area contributed by atoms with Crippen molar-refractivity contribution in [3.8, 4) is 0 Å². The highest BCUT2D eigenvalue weighted by Gasteiger charge is 2.22. The molecule has 0 saturated heterocycles. The third-order valence-electron chi connectivity index (χ3n) is 12.7. The highest BCUT2D eigenvalue weighted by molar-refractivity contribution is 5.74. The number of hydrogen-bond acceptors (Lipinski definition) is 9. The Morgan fingerprint density at radius 1 is 0.468 bits per heavy atom. The lowest BCUT2D eigenvalue weighted by Gasteiger charge is -2.23. The Labute approximate surface area is 381 Å². The molecular weight excluding hydrogens is 775 g/mol. The van der Waals surface area contributed by atoms with Gasteiger partial charge in [-0.2, -0.15) is 0 Å². The maximum absolute atomic E-state index is 12.9. The molecule has 0 heterocycles. The Morgan fingerprint density at radius 2 is 0.839 bits per heavy atom. The summed E-state index contributed by atoms with van der Waals surface area (Å²) in [5.74, 6) is -0.0349. The van der Waals surface area contributed by atoms with Crippen molar-refractivity contribution in [1.82, 2.24) is 4.90 Å². The minimum atomic E-state index is -0.411. The van der Waals surface area contributed by atoms with Crippen LogP contribution in [-0.4, -0.2) is 69.3 Å². The normalized spacial score (nSPS) is 12.1. The third kappa shape index (κ3) is 29.9. The molecule has 1 rings (SSSR count). The fourth-order valence-corrected chi connectivity index (χ4v) is 8.65. The van der Waals surface area contributed by atoms with Crippen LogP contribution in [0, 0.1) is 0 Å². The topological polar surface area (TPSA) is 105 Å². The van der Waals surface area contributed by atoms with Gasteiger partial charge in [0.2, 0.25) is 0 Å². The van der Waals surface area contributed by atoms with E-state index in [0.717, 1.165) is 135 Å². The number of nitrogens with zero attached hydrogens (tertiary/aromatic N) is 2. The predicted molar refractivity (Wildman–Crippen MR) is 265 cm³/mol. The molecule has 0 amide bonds. The second kappa shape index (κ2) is 40.1. The van der Waals surface area contributed by atoms with Crippen molar-refractivity contribution in [2.24, 2.45) is 0 Å². The van der Waals surface area contributed by atoms with Crippen molar-refractivity contribution in [2.75, 3.05) is 50.5 Å². The van der Waals surface area contributed by atoms with Gasteiger partial charge in [0.15, 0.2) is 0 Å². The number of anilines is 2. The van der Waals surface area contributed by atoms with Crippen molar-refractivity contribution < 1.29 is 19.1 Å². The van der Waals surface area contributed by atoms with Crippen molar-refractivity contribution in [1.29, 1.82) is 0 Å². The molecule has 1 unspecified atom stereocenters. The highest BCUT2D eigenvalue weighted by atomic mass is 16.5. The maximum atomic E-state index is 12.9. The van der Waals surface area contributed by atoms with E-state index in [1.165, 1.54) is 96.3 Å². The van der Waals surface area contributed by atoms with Crippen molar-refractivity contribution >= 4 is 23.3 Å². The monoisotopic (exact) mass is 874 g/mol. The molecule has 1 aromatic carbocycles. The van der Waals surface area contributed by atoms with Gasteiger partial charge in [0.1, 0.15) is 23.6 Å². The first-order valence-electron chi connectivity index (χ1n) is 26.5. The largest absolute Gasteiger partial charge is 0.462 e. The first-order valence-corrected chi connectivity index (χ1v) is 26.5. The molecule has 0 spiro atoms. The number of rotatable bonds is 46. The summed E-state index contributed by atoms with van der Waals surface area (Å²) in [7, 11) is 3.59. The van der Waals surface area contributed by atoms with E-state index >= 15 is 0 Å². The SMILES string of the molecule is CCCCCCCCC(CC)OC(=O)CCCCCCCN(CCCCCCCC(=O)OC(CCCCCCCC)CCCCCCCC)CCCNc1c(N(C)C)c(=O)c1=O. The van der Waals surface area contributed by atoms with Crippen LogP contribution in [0.4, 0.5) is 11.4 Å². The van der Waals surface area contributed by atoms with Crippen molar-refractivity contribution in [3.63, 3.8) is 0 Å². The van der Waals surface area contributed by atoms with Gasteiger partial charge < -0.3 is 24.6 Å². The molecule has 1 atom stereocenters. The molecule has 1 N–H and O–H groups in total. The van der Waals surface area contributed by atoms with E-state index in [1.54, 1.807) is 19.0 Å². The van der Waals surface area contributed by atoms with E-state index in [2.05, 4.69) is 37.9 Å². The smallest absolute Gasteiger partial charge is 0.306 e. The zero-order chi connectivity index (χ0) is 45.5. The summed E-state index contributed by atoms with van der Waals surface area (Å²) in [5, 5.41) is 3.23. The number of ether oxygens (including phenoxy) is 2. The third-order valence-corrected chi connectivity index (χ3v) is 12.7. The van der Waals surface area contributed by atoms with E-state index in [-0.39, 0.29) is 24.1 Å². The molecule has 0 fully saturated rings. The number of hydrogen-bond donors (Lipinski definition) is 1. The zero-order valence-electron chi connectivity index (χ0n) is 41.6. The number of unbranched alkanes of at least 4 members (excludes halogenated alkanes) is 23. The number of carbonyl (C=O) groups excluding carboxylic acids is 2. The van der Waals surface area contributed by atoms with Crippen LogP contribution in [0.3, 0.4) is 0 Å². The quantitative estimate of drug-likeness (QED) is 0.0389. The van der Waals surface area contributed by atoms with E-state index < -0.39 is 10.9 Å². The molecule has 9 nitrogen and oxygen atoms in total. The number of esters is 2. The van der Waals surface area contributed by atoms with Gasteiger partial charge in [0.05, 0.1) is 0 Å².